The van der Waals surface area contributed by atoms with Gasteiger partial charge in [0.25, 0.3) is 0 Å². The zero-order valence-electron chi connectivity index (χ0n) is 38.3. The number of nitrogens with zero attached hydrogens (tertiary/aromatic N) is 4. The summed E-state index contributed by atoms with van der Waals surface area (Å²) in [4.78, 5) is 15.3. The average molecular weight is 919 g/mol. The zero-order valence-corrected chi connectivity index (χ0v) is 39.1. The van der Waals surface area contributed by atoms with Crippen molar-refractivity contribution in [1.82, 2.24) is 30.3 Å². The molecular weight excluding hydrogens is 862 g/mol. The molecule has 8 rings (SSSR count). The molecule has 0 spiro atoms. The topological polar surface area (TPSA) is 126 Å². The first-order valence-electron chi connectivity index (χ1n) is 22.7. The molecule has 0 aliphatic carbocycles. The van der Waals surface area contributed by atoms with Crippen LogP contribution in [-0.2, 0) is 29.2 Å². The average Bonchev–Trinajstić information content (AvgIpc) is 3.92. The van der Waals surface area contributed by atoms with Gasteiger partial charge >= 0.3 is 0 Å². The normalized spacial score (nSPS) is 15.7. The van der Waals surface area contributed by atoms with E-state index in [2.05, 4.69) is 15.5 Å². The predicted octanol–water partition coefficient (Wildman–Crippen LogP) is 11.4. The van der Waals surface area contributed by atoms with Gasteiger partial charge in [0.05, 0.1) is 40.4 Å². The second-order valence-corrected chi connectivity index (χ2v) is 20.7. The molecule has 4 aromatic carbocycles. The van der Waals surface area contributed by atoms with Crippen LogP contribution in [0.1, 0.15) is 94.4 Å². The number of sulfone groups is 1. The molecule has 2 N–H and O–H groups in total. The van der Waals surface area contributed by atoms with Crippen LogP contribution in [0.15, 0.2) is 107 Å². The number of halogens is 3. The third-order valence-corrected chi connectivity index (χ3v) is 14.5. The Morgan fingerprint density at radius 2 is 1.61 bits per heavy atom. The Kier molecular flexibility index (Phi) is 13.8. The minimum atomic E-state index is -3.44. The molecule has 66 heavy (non-hydrogen) atoms. The van der Waals surface area contributed by atoms with Crippen LogP contribution in [0.3, 0.4) is 0 Å². The molecule has 0 saturated carbocycles. The van der Waals surface area contributed by atoms with E-state index in [-0.39, 0.29) is 35.4 Å². The fourth-order valence-electron chi connectivity index (χ4n) is 8.88. The molecule has 2 atom stereocenters. The van der Waals surface area contributed by atoms with Gasteiger partial charge in [0.15, 0.2) is 15.6 Å². The van der Waals surface area contributed by atoms with E-state index in [4.69, 9.17) is 19.2 Å². The summed E-state index contributed by atoms with van der Waals surface area (Å²) < 4.78 is 85.0. The van der Waals surface area contributed by atoms with Crippen LogP contribution in [0.5, 0.6) is 5.75 Å². The number of unbranched alkanes of at least 4 members (excludes halogenated alkanes) is 3. The lowest BCUT2D eigenvalue weighted by Gasteiger charge is -2.43. The van der Waals surface area contributed by atoms with Crippen LogP contribution in [0.25, 0.3) is 44.9 Å². The molecule has 0 amide bonds. The largest absolute Gasteiger partial charge is 0.493 e. The van der Waals surface area contributed by atoms with Crippen molar-refractivity contribution >= 4 is 20.7 Å². The first-order chi connectivity index (χ1) is 31.6. The zero-order chi connectivity index (χ0) is 46.8. The number of rotatable bonds is 18. The van der Waals surface area contributed by atoms with Gasteiger partial charge in [-0.3, -0.25) is 9.88 Å². The van der Waals surface area contributed by atoms with Crippen LogP contribution in [-0.4, -0.2) is 70.6 Å². The standard InChI is InChI=1S/C52H57F3N6O4S/c1-32(2)66(62,63)38-22-20-36(21-23-38)46-30-57-44(50(59-46)47-28-45(60-65-47)35-18-16-34(17-19-35)29-56-6)15-9-7-8-12-24-64-37-26-41(53)48(42(54)27-37)51-49-40(39-13-10-11-14-43(39)58-49)25-33(3)61(51)31-52(4,5)55/h10-11,13-14,16-23,26-28,30,32-33,51,56,58H,7-9,12,15,24-25,29,31H2,1-6H3/t33-,51-/m1/s1. The third-order valence-electron chi connectivity index (χ3n) is 12.3. The lowest BCUT2D eigenvalue weighted by Crippen LogP contribution is -2.48. The summed E-state index contributed by atoms with van der Waals surface area (Å²) in [5, 5.41) is 7.97. The van der Waals surface area contributed by atoms with Crippen molar-refractivity contribution in [1.29, 1.82) is 0 Å². The number of benzene rings is 4. The lowest BCUT2D eigenvalue weighted by atomic mass is 9.87. The van der Waals surface area contributed by atoms with Crippen molar-refractivity contribution in [2.45, 2.75) is 108 Å². The third kappa shape index (κ3) is 10.1. The number of aromatic amines is 1. The second kappa shape index (κ2) is 19.6. The van der Waals surface area contributed by atoms with E-state index in [1.165, 1.54) is 26.0 Å². The molecule has 14 heteroatoms. The highest BCUT2D eigenvalue weighted by atomic mass is 32.2. The van der Waals surface area contributed by atoms with Crippen LogP contribution in [0, 0.1) is 11.6 Å². The molecule has 1 aliphatic rings. The van der Waals surface area contributed by atoms with Crippen molar-refractivity contribution in [3.05, 3.63) is 137 Å². The van der Waals surface area contributed by atoms with Gasteiger partial charge in [0, 0.05) is 70.6 Å². The summed E-state index contributed by atoms with van der Waals surface area (Å²) in [6.45, 7) is 9.27. The molecule has 0 saturated heterocycles. The molecule has 3 aromatic heterocycles. The fourth-order valence-corrected chi connectivity index (χ4v) is 9.94. The molecule has 0 fully saturated rings. The van der Waals surface area contributed by atoms with E-state index < -0.39 is 38.4 Å². The molecule has 0 unspecified atom stereocenters. The summed E-state index contributed by atoms with van der Waals surface area (Å²) in [6, 6.07) is 25.8. The van der Waals surface area contributed by atoms with Crippen molar-refractivity contribution in [2.75, 3.05) is 20.2 Å². The Labute approximate surface area is 384 Å². The summed E-state index contributed by atoms with van der Waals surface area (Å²) in [5.74, 6) is -0.917. The minimum Gasteiger partial charge on any atom is -0.493 e. The van der Waals surface area contributed by atoms with Crippen molar-refractivity contribution < 1.29 is 30.8 Å². The minimum absolute atomic E-state index is 0.000408. The lowest BCUT2D eigenvalue weighted by molar-refractivity contribution is 0.0642. The van der Waals surface area contributed by atoms with E-state index in [0.29, 0.717) is 53.4 Å². The smallest absolute Gasteiger partial charge is 0.187 e. The quantitative estimate of drug-likeness (QED) is 0.0809. The monoisotopic (exact) mass is 918 g/mol. The number of H-pyrrole nitrogens is 1. The van der Waals surface area contributed by atoms with Gasteiger partial charge in [-0.25, -0.2) is 26.6 Å². The second-order valence-electron chi connectivity index (χ2n) is 18.2. The maximum Gasteiger partial charge on any atom is 0.187 e. The maximum atomic E-state index is 16.2. The van der Waals surface area contributed by atoms with Gasteiger partial charge in [-0.05, 0) is 96.7 Å². The molecule has 7 aromatic rings. The number of nitrogens with one attached hydrogen (secondary N) is 2. The summed E-state index contributed by atoms with van der Waals surface area (Å²) in [7, 11) is -1.54. The van der Waals surface area contributed by atoms with Gasteiger partial charge in [-0.1, -0.05) is 72.6 Å². The van der Waals surface area contributed by atoms with Gasteiger partial charge in [0.2, 0.25) is 0 Å². The number of fused-ring (bicyclic) bond motifs is 3. The predicted molar refractivity (Wildman–Crippen MR) is 253 cm³/mol. The molecule has 10 nitrogen and oxygen atoms in total. The first kappa shape index (κ1) is 46.7. The first-order valence-corrected chi connectivity index (χ1v) is 24.2. The number of para-hydroxylation sites is 1. The number of aryl methyl sites for hydroxylation is 1. The number of alkyl halides is 1. The Balaban J connectivity index is 0.936. The maximum absolute atomic E-state index is 16.2. The van der Waals surface area contributed by atoms with Crippen LogP contribution in [0.2, 0.25) is 0 Å². The number of ether oxygens (including phenoxy) is 1. The molecule has 0 radical (unpaired) electrons. The summed E-state index contributed by atoms with van der Waals surface area (Å²) in [5.41, 5.74) is 6.08. The highest BCUT2D eigenvalue weighted by Gasteiger charge is 2.41. The van der Waals surface area contributed by atoms with E-state index in [9.17, 15) is 8.42 Å². The van der Waals surface area contributed by atoms with Gasteiger partial charge < -0.3 is 19.6 Å². The SMILES string of the molecule is CNCc1ccc(-c2cc(-c3nc(-c4ccc(S(=O)(=O)C(C)C)cc4)cnc3CCCCCCOc3cc(F)c([C@@H]4c5[nH]c6ccccc6c5C[C@@H](C)N4CC(C)(C)F)c(F)c3)on2)cc1. The Morgan fingerprint density at radius 1 is 0.924 bits per heavy atom. The fraction of sp³-hybridized carbons (Fsp3) is 0.365. The molecular formula is C52H57F3N6O4S. The Bertz CT molecular complexity index is 2890. The molecule has 346 valence electrons. The van der Waals surface area contributed by atoms with Crippen LogP contribution in [0.4, 0.5) is 13.2 Å². The van der Waals surface area contributed by atoms with Crippen molar-refractivity contribution in [3.8, 4) is 39.7 Å². The van der Waals surface area contributed by atoms with Gasteiger partial charge in [-0.15, -0.1) is 0 Å². The van der Waals surface area contributed by atoms with Gasteiger partial charge in [-0.2, -0.15) is 0 Å². The summed E-state index contributed by atoms with van der Waals surface area (Å²) >= 11 is 0. The Morgan fingerprint density at radius 3 is 2.30 bits per heavy atom. The Hall–Kier alpha value is -5.83. The van der Waals surface area contributed by atoms with Crippen LogP contribution < -0.4 is 10.1 Å². The van der Waals surface area contributed by atoms with Gasteiger partial charge in [0.1, 0.15) is 34.4 Å². The van der Waals surface area contributed by atoms with E-state index in [0.717, 1.165) is 59.1 Å². The number of hydrogen-bond donors (Lipinski definition) is 2. The number of aromatic nitrogens is 4. The van der Waals surface area contributed by atoms with Crippen LogP contribution >= 0.6 is 0 Å². The molecule has 1 aliphatic heterocycles. The molecule has 0 bridgehead atoms. The van der Waals surface area contributed by atoms with E-state index in [1.54, 1.807) is 44.3 Å². The van der Waals surface area contributed by atoms with E-state index >= 15 is 13.2 Å². The highest BCUT2D eigenvalue weighted by molar-refractivity contribution is 7.92. The van der Waals surface area contributed by atoms with Crippen molar-refractivity contribution in [2.24, 2.45) is 0 Å². The van der Waals surface area contributed by atoms with Crippen molar-refractivity contribution in [3.63, 3.8) is 0 Å². The van der Waals surface area contributed by atoms with E-state index in [1.807, 2.05) is 73.5 Å². The summed E-state index contributed by atoms with van der Waals surface area (Å²) in [6.07, 6.45) is 5.95. The highest BCUT2D eigenvalue weighted by Crippen LogP contribution is 2.44. The number of hydrogen-bond acceptors (Lipinski definition) is 9. The molecule has 4 heterocycles.